The lowest BCUT2D eigenvalue weighted by Crippen LogP contribution is -2.57. The van der Waals surface area contributed by atoms with Gasteiger partial charge in [-0.05, 0) is 20.3 Å². The maximum atomic E-state index is 11.8. The zero-order chi connectivity index (χ0) is 12.1. The molecule has 4 heteroatoms. The van der Waals surface area contributed by atoms with Crippen molar-refractivity contribution in [2.24, 2.45) is 5.92 Å². The summed E-state index contributed by atoms with van der Waals surface area (Å²) in [5.74, 6) is 0.473. The highest BCUT2D eigenvalue weighted by atomic mass is 16.3. The molecule has 94 valence electrons. The predicted octanol–water partition coefficient (Wildman–Crippen LogP) is 0.604. The molecule has 4 nitrogen and oxygen atoms in total. The van der Waals surface area contributed by atoms with Crippen molar-refractivity contribution in [3.63, 3.8) is 0 Å². The van der Waals surface area contributed by atoms with Crippen LogP contribution in [0.2, 0.25) is 0 Å². The van der Waals surface area contributed by atoms with Crippen LogP contribution in [-0.2, 0) is 4.79 Å². The second-order valence-electron chi connectivity index (χ2n) is 4.88. The standard InChI is InChI=1S/C12H24N2O2/c1-4-5-9(2)13-12(16)10(3)14-6-11(7-14)8-15/h9-11,15H,4-8H2,1-3H3,(H,13,16). The average Bonchev–Trinajstić information content (AvgIpc) is 2.16. The summed E-state index contributed by atoms with van der Waals surface area (Å²) in [5.41, 5.74) is 0. The van der Waals surface area contributed by atoms with Crippen molar-refractivity contribution in [3.05, 3.63) is 0 Å². The number of amides is 1. The van der Waals surface area contributed by atoms with E-state index >= 15 is 0 Å². The monoisotopic (exact) mass is 228 g/mol. The number of rotatable bonds is 6. The molecular weight excluding hydrogens is 204 g/mol. The number of carbonyl (C=O) groups excluding carboxylic acids is 1. The molecule has 1 aliphatic rings. The Morgan fingerprint density at radius 1 is 1.50 bits per heavy atom. The topological polar surface area (TPSA) is 52.6 Å². The molecule has 0 bridgehead atoms. The van der Waals surface area contributed by atoms with E-state index in [-0.39, 0.29) is 24.6 Å². The van der Waals surface area contributed by atoms with Crippen LogP contribution < -0.4 is 5.32 Å². The summed E-state index contributed by atoms with van der Waals surface area (Å²) in [4.78, 5) is 13.9. The third kappa shape index (κ3) is 3.46. The highest BCUT2D eigenvalue weighted by Gasteiger charge is 2.32. The van der Waals surface area contributed by atoms with Gasteiger partial charge in [-0.2, -0.15) is 0 Å². The molecule has 0 aliphatic carbocycles. The minimum atomic E-state index is -0.0675. The highest BCUT2D eigenvalue weighted by molar-refractivity contribution is 5.81. The maximum Gasteiger partial charge on any atom is 0.237 e. The molecule has 1 aliphatic heterocycles. The molecule has 1 amide bonds. The first-order valence-electron chi connectivity index (χ1n) is 6.23. The summed E-state index contributed by atoms with van der Waals surface area (Å²) in [6, 6.07) is 0.192. The van der Waals surface area contributed by atoms with E-state index < -0.39 is 0 Å². The first-order chi connectivity index (χ1) is 7.58. The van der Waals surface area contributed by atoms with Crippen LogP contribution in [0.25, 0.3) is 0 Å². The van der Waals surface area contributed by atoms with Gasteiger partial charge >= 0.3 is 0 Å². The van der Waals surface area contributed by atoms with Crippen LogP contribution >= 0.6 is 0 Å². The average molecular weight is 228 g/mol. The molecule has 2 N–H and O–H groups in total. The Balaban J connectivity index is 2.26. The number of hydrogen-bond donors (Lipinski definition) is 2. The van der Waals surface area contributed by atoms with Crippen molar-refractivity contribution in [2.75, 3.05) is 19.7 Å². The van der Waals surface area contributed by atoms with Gasteiger partial charge in [0, 0.05) is 31.7 Å². The summed E-state index contributed by atoms with van der Waals surface area (Å²) in [6.07, 6.45) is 2.11. The van der Waals surface area contributed by atoms with Gasteiger partial charge in [0.05, 0.1) is 6.04 Å². The molecule has 2 unspecified atom stereocenters. The van der Waals surface area contributed by atoms with E-state index in [1.165, 1.54) is 0 Å². The molecule has 2 atom stereocenters. The first-order valence-corrected chi connectivity index (χ1v) is 6.23. The fourth-order valence-corrected chi connectivity index (χ4v) is 2.08. The van der Waals surface area contributed by atoms with Crippen LogP contribution in [0.15, 0.2) is 0 Å². The first kappa shape index (κ1) is 13.5. The van der Waals surface area contributed by atoms with E-state index in [1.54, 1.807) is 0 Å². The molecular formula is C12H24N2O2. The SMILES string of the molecule is CCCC(C)NC(=O)C(C)N1CC(CO)C1. The van der Waals surface area contributed by atoms with Gasteiger partial charge in [0.15, 0.2) is 0 Å². The Hall–Kier alpha value is -0.610. The molecule has 1 rings (SSSR count). The number of nitrogens with zero attached hydrogens (tertiary/aromatic N) is 1. The van der Waals surface area contributed by atoms with Gasteiger partial charge in [-0.1, -0.05) is 13.3 Å². The van der Waals surface area contributed by atoms with Crippen LogP contribution in [0.5, 0.6) is 0 Å². The van der Waals surface area contributed by atoms with Crippen LogP contribution in [-0.4, -0.2) is 47.7 Å². The molecule has 0 spiro atoms. The lowest BCUT2D eigenvalue weighted by molar-refractivity contribution is -0.129. The molecule has 0 aromatic rings. The van der Waals surface area contributed by atoms with Crippen molar-refractivity contribution in [1.29, 1.82) is 0 Å². The third-order valence-corrected chi connectivity index (χ3v) is 3.28. The van der Waals surface area contributed by atoms with Crippen LogP contribution in [0, 0.1) is 5.92 Å². The maximum absolute atomic E-state index is 11.8. The minimum absolute atomic E-state index is 0.0675. The van der Waals surface area contributed by atoms with Gasteiger partial charge < -0.3 is 10.4 Å². The number of hydrogen-bond acceptors (Lipinski definition) is 3. The van der Waals surface area contributed by atoms with Gasteiger partial charge in [-0.3, -0.25) is 9.69 Å². The van der Waals surface area contributed by atoms with Crippen LogP contribution in [0.1, 0.15) is 33.6 Å². The molecule has 1 saturated heterocycles. The second kappa shape index (κ2) is 6.21. The van der Waals surface area contributed by atoms with Gasteiger partial charge in [0.25, 0.3) is 0 Å². The molecule has 0 aromatic heterocycles. The number of aliphatic hydroxyl groups excluding tert-OH is 1. The Kier molecular flexibility index (Phi) is 5.22. The molecule has 1 fully saturated rings. The second-order valence-corrected chi connectivity index (χ2v) is 4.88. The van der Waals surface area contributed by atoms with Crippen LogP contribution in [0.3, 0.4) is 0 Å². The van der Waals surface area contributed by atoms with E-state index in [9.17, 15) is 4.79 Å². The smallest absolute Gasteiger partial charge is 0.237 e. The Bertz CT molecular complexity index is 227. The molecule has 0 saturated carbocycles. The van der Waals surface area contributed by atoms with Crippen molar-refractivity contribution in [1.82, 2.24) is 10.2 Å². The number of carbonyl (C=O) groups is 1. The van der Waals surface area contributed by atoms with E-state index in [1.807, 2.05) is 13.8 Å². The third-order valence-electron chi connectivity index (χ3n) is 3.28. The van der Waals surface area contributed by atoms with Crippen LogP contribution in [0.4, 0.5) is 0 Å². The predicted molar refractivity (Wildman–Crippen MR) is 64.1 cm³/mol. The van der Waals surface area contributed by atoms with Gasteiger partial charge in [-0.15, -0.1) is 0 Å². The van der Waals surface area contributed by atoms with Crippen molar-refractivity contribution in [2.45, 2.75) is 45.7 Å². The van der Waals surface area contributed by atoms with Gasteiger partial charge in [-0.25, -0.2) is 0 Å². The van der Waals surface area contributed by atoms with Crippen molar-refractivity contribution < 1.29 is 9.90 Å². The van der Waals surface area contributed by atoms with E-state index in [2.05, 4.69) is 17.1 Å². The number of nitrogens with one attached hydrogen (secondary N) is 1. The lowest BCUT2D eigenvalue weighted by atomic mass is 9.98. The van der Waals surface area contributed by atoms with Crippen molar-refractivity contribution >= 4 is 5.91 Å². The lowest BCUT2D eigenvalue weighted by Gasteiger charge is -2.41. The summed E-state index contributed by atoms with van der Waals surface area (Å²) < 4.78 is 0. The molecule has 16 heavy (non-hydrogen) atoms. The van der Waals surface area contributed by atoms with Gasteiger partial charge in [0.1, 0.15) is 0 Å². The van der Waals surface area contributed by atoms with E-state index in [0.29, 0.717) is 5.92 Å². The Morgan fingerprint density at radius 3 is 2.62 bits per heavy atom. The Labute approximate surface area is 98.0 Å². The normalized spacial score (nSPS) is 21.2. The molecule has 0 radical (unpaired) electrons. The largest absolute Gasteiger partial charge is 0.396 e. The van der Waals surface area contributed by atoms with Gasteiger partial charge in [0.2, 0.25) is 5.91 Å². The summed E-state index contributed by atoms with van der Waals surface area (Å²) in [5, 5.41) is 11.9. The zero-order valence-electron chi connectivity index (χ0n) is 10.6. The number of likely N-dealkylation sites (tertiary alicyclic amines) is 1. The van der Waals surface area contributed by atoms with Crippen molar-refractivity contribution in [3.8, 4) is 0 Å². The fourth-order valence-electron chi connectivity index (χ4n) is 2.08. The Morgan fingerprint density at radius 2 is 2.12 bits per heavy atom. The summed E-state index contributed by atoms with van der Waals surface area (Å²) >= 11 is 0. The van der Waals surface area contributed by atoms with E-state index in [4.69, 9.17) is 5.11 Å². The van der Waals surface area contributed by atoms with E-state index in [0.717, 1.165) is 25.9 Å². The minimum Gasteiger partial charge on any atom is -0.396 e. The number of aliphatic hydroxyl groups is 1. The molecule has 1 heterocycles. The fraction of sp³-hybridized carbons (Fsp3) is 0.917. The molecule has 0 aromatic carbocycles. The summed E-state index contributed by atoms with van der Waals surface area (Å²) in [6.45, 7) is 8.01. The highest BCUT2D eigenvalue weighted by Crippen LogP contribution is 2.17. The zero-order valence-corrected chi connectivity index (χ0v) is 10.6. The quantitative estimate of drug-likeness (QED) is 0.700. The summed E-state index contributed by atoms with van der Waals surface area (Å²) in [7, 11) is 0.